The second-order valence-corrected chi connectivity index (χ2v) is 4.90. The Balaban J connectivity index is 2.82. The number of anilines is 1. The number of carbonyl (C=O) groups excluding carboxylic acids is 1. The van der Waals surface area contributed by atoms with Crippen molar-refractivity contribution in [1.29, 1.82) is 0 Å². The van der Waals surface area contributed by atoms with Crippen molar-refractivity contribution in [2.24, 2.45) is 0 Å². The monoisotopic (exact) mass is 315 g/mol. The number of carboxylic acids is 1. The third-order valence-electron chi connectivity index (χ3n) is 2.71. The average Bonchev–Trinajstić information content (AvgIpc) is 2.37. The van der Waals surface area contributed by atoms with E-state index in [1.807, 2.05) is 0 Å². The Morgan fingerprint density at radius 2 is 2.10 bits per heavy atom. The van der Waals surface area contributed by atoms with Gasteiger partial charge in [-0.3, -0.25) is 24.6 Å². The molecule has 0 aliphatic rings. The molecule has 0 spiro atoms. The number of nitro benzene ring substituents is 1. The van der Waals surface area contributed by atoms with Gasteiger partial charge in [0, 0.05) is 11.8 Å². The van der Waals surface area contributed by atoms with Gasteiger partial charge < -0.3 is 10.4 Å². The lowest BCUT2D eigenvalue weighted by Crippen LogP contribution is -2.38. The lowest BCUT2D eigenvalue weighted by atomic mass is 10.1. The number of benzene rings is 1. The number of amides is 1. The fourth-order valence-electron chi connectivity index (χ4n) is 1.61. The Hall–Kier alpha value is -2.19. The molecule has 0 aliphatic heterocycles. The SMILES string of the molecule is CN(C)C(CC(=O)Nc1ccc(Cl)c([N+](=O)[O-])c1)C(=O)O. The first-order chi connectivity index (χ1) is 9.72. The van der Waals surface area contributed by atoms with Crippen LogP contribution in [0.25, 0.3) is 0 Å². The average molecular weight is 316 g/mol. The van der Waals surface area contributed by atoms with Gasteiger partial charge in [0.1, 0.15) is 11.1 Å². The summed E-state index contributed by atoms with van der Waals surface area (Å²) in [7, 11) is 3.08. The molecule has 2 N–H and O–H groups in total. The summed E-state index contributed by atoms with van der Waals surface area (Å²) in [5, 5.41) is 22.1. The van der Waals surface area contributed by atoms with Crippen LogP contribution in [0, 0.1) is 10.1 Å². The van der Waals surface area contributed by atoms with E-state index in [1.165, 1.54) is 17.0 Å². The van der Waals surface area contributed by atoms with Crippen molar-refractivity contribution in [1.82, 2.24) is 4.90 Å². The van der Waals surface area contributed by atoms with Gasteiger partial charge in [-0.15, -0.1) is 0 Å². The molecule has 0 heterocycles. The fourth-order valence-corrected chi connectivity index (χ4v) is 1.80. The van der Waals surface area contributed by atoms with Crippen LogP contribution in [0.3, 0.4) is 0 Å². The first-order valence-electron chi connectivity index (χ1n) is 5.85. The lowest BCUT2D eigenvalue weighted by Gasteiger charge is -2.19. The summed E-state index contributed by atoms with van der Waals surface area (Å²) in [5.41, 5.74) is -0.157. The number of nitrogens with one attached hydrogen (secondary N) is 1. The van der Waals surface area contributed by atoms with Crippen LogP contribution in [-0.2, 0) is 9.59 Å². The summed E-state index contributed by atoms with van der Waals surface area (Å²) >= 11 is 5.66. The molecule has 0 aromatic heterocycles. The minimum absolute atomic E-state index is 0.0466. The fraction of sp³-hybridized carbons (Fsp3) is 0.333. The van der Waals surface area contributed by atoms with Crippen molar-refractivity contribution < 1.29 is 19.6 Å². The Labute approximate surface area is 125 Å². The van der Waals surface area contributed by atoms with Crippen LogP contribution in [0.15, 0.2) is 18.2 Å². The molecule has 1 aromatic carbocycles. The second-order valence-electron chi connectivity index (χ2n) is 4.49. The van der Waals surface area contributed by atoms with E-state index in [9.17, 15) is 19.7 Å². The predicted octanol–water partition coefficient (Wildman–Crippen LogP) is 1.59. The molecule has 0 aliphatic carbocycles. The van der Waals surface area contributed by atoms with Gasteiger partial charge in [-0.25, -0.2) is 0 Å². The first-order valence-corrected chi connectivity index (χ1v) is 6.23. The summed E-state index contributed by atoms with van der Waals surface area (Å²) in [4.78, 5) is 34.2. The molecule has 21 heavy (non-hydrogen) atoms. The minimum Gasteiger partial charge on any atom is -0.480 e. The van der Waals surface area contributed by atoms with Gasteiger partial charge in [-0.2, -0.15) is 0 Å². The molecule has 0 bridgehead atoms. The van der Waals surface area contributed by atoms with E-state index in [2.05, 4.69) is 5.32 Å². The van der Waals surface area contributed by atoms with Gasteiger partial charge >= 0.3 is 5.97 Å². The smallest absolute Gasteiger partial charge is 0.321 e. The highest BCUT2D eigenvalue weighted by molar-refractivity contribution is 6.32. The van der Waals surface area contributed by atoms with Gasteiger partial charge in [0.15, 0.2) is 0 Å². The summed E-state index contributed by atoms with van der Waals surface area (Å²) in [6.07, 6.45) is -0.279. The summed E-state index contributed by atoms with van der Waals surface area (Å²) in [6.45, 7) is 0. The van der Waals surface area contributed by atoms with Crippen molar-refractivity contribution in [2.75, 3.05) is 19.4 Å². The number of carboxylic acid groups (broad SMARTS) is 1. The van der Waals surface area contributed by atoms with Crippen LogP contribution in [0.1, 0.15) is 6.42 Å². The normalized spacial score (nSPS) is 12.0. The maximum atomic E-state index is 11.8. The zero-order chi connectivity index (χ0) is 16.2. The quantitative estimate of drug-likeness (QED) is 0.609. The summed E-state index contributed by atoms with van der Waals surface area (Å²) < 4.78 is 0. The number of halogens is 1. The summed E-state index contributed by atoms with van der Waals surface area (Å²) in [6, 6.07) is 2.83. The molecule has 9 heteroatoms. The molecule has 1 unspecified atom stereocenters. The number of hydrogen-bond acceptors (Lipinski definition) is 5. The molecular weight excluding hydrogens is 302 g/mol. The number of nitro groups is 1. The number of rotatable bonds is 6. The van der Waals surface area contributed by atoms with Gasteiger partial charge in [-0.05, 0) is 26.2 Å². The molecule has 0 saturated heterocycles. The number of likely N-dealkylation sites (N-methyl/N-ethyl adjacent to an activating group) is 1. The Morgan fingerprint density at radius 1 is 1.48 bits per heavy atom. The molecule has 1 aromatic rings. The molecule has 1 atom stereocenters. The number of hydrogen-bond donors (Lipinski definition) is 2. The van der Waals surface area contributed by atoms with Crippen LogP contribution in [-0.4, -0.2) is 46.9 Å². The first kappa shape index (κ1) is 16.9. The Morgan fingerprint density at radius 3 is 2.57 bits per heavy atom. The largest absolute Gasteiger partial charge is 0.480 e. The standard InChI is InChI=1S/C12H14ClN3O5/c1-15(2)10(12(18)19)6-11(17)14-7-3-4-8(13)9(5-7)16(20)21/h3-5,10H,6H2,1-2H3,(H,14,17)(H,18,19). The van der Waals surface area contributed by atoms with Crippen molar-refractivity contribution in [3.8, 4) is 0 Å². The molecule has 1 amide bonds. The van der Waals surface area contributed by atoms with E-state index >= 15 is 0 Å². The van der Waals surface area contributed by atoms with Crippen LogP contribution in [0.5, 0.6) is 0 Å². The Bertz CT molecular complexity index is 576. The van der Waals surface area contributed by atoms with Gasteiger partial charge in [0.05, 0.1) is 11.3 Å². The maximum Gasteiger partial charge on any atom is 0.321 e. The van der Waals surface area contributed by atoms with E-state index < -0.39 is 22.8 Å². The zero-order valence-electron chi connectivity index (χ0n) is 11.4. The lowest BCUT2D eigenvalue weighted by molar-refractivity contribution is -0.384. The van der Waals surface area contributed by atoms with Crippen LogP contribution >= 0.6 is 11.6 Å². The molecule has 0 radical (unpaired) electrons. The van der Waals surface area contributed by atoms with Crippen LogP contribution < -0.4 is 5.32 Å². The highest BCUT2D eigenvalue weighted by Gasteiger charge is 2.23. The van der Waals surface area contributed by atoms with Crippen LogP contribution in [0.2, 0.25) is 5.02 Å². The molecule has 0 fully saturated rings. The van der Waals surface area contributed by atoms with Crippen molar-refractivity contribution >= 4 is 34.9 Å². The van der Waals surface area contributed by atoms with Gasteiger partial charge in [-0.1, -0.05) is 11.6 Å². The number of carbonyl (C=O) groups is 2. The van der Waals surface area contributed by atoms with Crippen molar-refractivity contribution in [3.63, 3.8) is 0 Å². The highest BCUT2D eigenvalue weighted by atomic mass is 35.5. The molecule has 1 rings (SSSR count). The van der Waals surface area contributed by atoms with E-state index in [4.69, 9.17) is 16.7 Å². The second kappa shape index (κ2) is 7.00. The highest BCUT2D eigenvalue weighted by Crippen LogP contribution is 2.27. The van der Waals surface area contributed by atoms with Gasteiger partial charge in [0.2, 0.25) is 5.91 Å². The zero-order valence-corrected chi connectivity index (χ0v) is 12.1. The Kier molecular flexibility index (Phi) is 5.62. The van der Waals surface area contributed by atoms with Gasteiger partial charge in [0.25, 0.3) is 5.69 Å². The third-order valence-corrected chi connectivity index (χ3v) is 3.03. The molecule has 0 saturated carbocycles. The topological polar surface area (TPSA) is 113 Å². The molecule has 114 valence electrons. The maximum absolute atomic E-state index is 11.8. The van der Waals surface area contributed by atoms with E-state index in [-0.39, 0.29) is 22.8 Å². The third kappa shape index (κ3) is 4.69. The van der Waals surface area contributed by atoms with Crippen molar-refractivity contribution in [3.05, 3.63) is 33.3 Å². The van der Waals surface area contributed by atoms with Crippen molar-refractivity contribution in [2.45, 2.75) is 12.5 Å². The number of aliphatic carboxylic acids is 1. The predicted molar refractivity (Wildman–Crippen MR) is 76.5 cm³/mol. The minimum atomic E-state index is -1.13. The summed E-state index contributed by atoms with van der Waals surface area (Å²) in [5.74, 6) is -1.69. The molecular formula is C12H14ClN3O5. The number of nitrogens with zero attached hydrogens (tertiary/aromatic N) is 2. The van der Waals surface area contributed by atoms with Crippen LogP contribution in [0.4, 0.5) is 11.4 Å². The van der Waals surface area contributed by atoms with E-state index in [0.717, 1.165) is 6.07 Å². The van der Waals surface area contributed by atoms with E-state index in [1.54, 1.807) is 14.1 Å². The van der Waals surface area contributed by atoms with E-state index in [0.29, 0.717) is 0 Å². The molecule has 8 nitrogen and oxygen atoms in total.